The highest BCUT2D eigenvalue weighted by atomic mass is 32.4. The first kappa shape index (κ1) is 15.8. The molecule has 0 aromatic heterocycles. The summed E-state index contributed by atoms with van der Waals surface area (Å²) in [6.45, 7) is 2.17. The van der Waals surface area contributed by atoms with Gasteiger partial charge in [-0.2, -0.15) is 5.26 Å². The lowest BCUT2D eigenvalue weighted by Crippen LogP contribution is -2.06. The Morgan fingerprint density at radius 3 is 2.56 bits per heavy atom. The van der Waals surface area contributed by atoms with Gasteiger partial charge in [0.15, 0.2) is 0 Å². The third-order valence-electron chi connectivity index (χ3n) is 2.45. The van der Waals surface area contributed by atoms with E-state index in [1.165, 1.54) is 12.8 Å². The molecule has 0 spiro atoms. The average molecular weight is 259 g/mol. The molecule has 0 aromatic carbocycles. The van der Waals surface area contributed by atoms with E-state index in [0.717, 1.165) is 25.2 Å². The molecule has 0 aliphatic carbocycles. The molecule has 1 atom stereocenters. The summed E-state index contributed by atoms with van der Waals surface area (Å²) >= 11 is 5.43. The van der Waals surface area contributed by atoms with Gasteiger partial charge in [-0.05, 0) is 31.6 Å². The molecule has 5 heteroatoms. The SMILES string of the molecule is CCCCCP(N)(=S)CCCC(=N)CC#N. The number of unbranched alkanes of at least 4 members (excludes halogenated alkanes) is 2. The summed E-state index contributed by atoms with van der Waals surface area (Å²) in [6.07, 6.45) is 5.55. The smallest absolute Gasteiger partial charge is 0.0728 e. The largest absolute Gasteiger partial charge is 0.309 e. The van der Waals surface area contributed by atoms with E-state index in [1.807, 2.05) is 6.07 Å². The number of hydrogen-bond acceptors (Lipinski definition) is 3. The van der Waals surface area contributed by atoms with Crippen molar-refractivity contribution < 1.29 is 0 Å². The highest BCUT2D eigenvalue weighted by Gasteiger charge is 2.10. The van der Waals surface area contributed by atoms with Gasteiger partial charge in [-0.3, -0.25) is 0 Å². The van der Waals surface area contributed by atoms with E-state index in [2.05, 4.69) is 6.92 Å². The van der Waals surface area contributed by atoms with Crippen molar-refractivity contribution in [1.82, 2.24) is 0 Å². The second-order valence-corrected chi connectivity index (χ2v) is 9.13. The molecular weight excluding hydrogens is 237 g/mol. The summed E-state index contributed by atoms with van der Waals surface area (Å²) in [5, 5.41) is 15.9. The lowest BCUT2D eigenvalue weighted by Gasteiger charge is -2.16. The Bertz CT molecular complexity index is 296. The van der Waals surface area contributed by atoms with Gasteiger partial charge in [0, 0.05) is 11.9 Å². The fourth-order valence-electron chi connectivity index (χ4n) is 1.49. The first-order valence-corrected chi connectivity index (χ1v) is 9.06. The average Bonchev–Trinajstić information content (AvgIpc) is 2.18. The van der Waals surface area contributed by atoms with Crippen LogP contribution in [-0.2, 0) is 11.8 Å². The fraction of sp³-hybridized carbons (Fsp3) is 0.818. The van der Waals surface area contributed by atoms with Gasteiger partial charge < -0.3 is 10.9 Å². The van der Waals surface area contributed by atoms with Crippen LogP contribution in [0.3, 0.4) is 0 Å². The highest BCUT2D eigenvalue weighted by molar-refractivity contribution is 8.13. The van der Waals surface area contributed by atoms with Gasteiger partial charge in [0.2, 0.25) is 0 Å². The van der Waals surface area contributed by atoms with Crippen LogP contribution in [0.1, 0.15) is 45.4 Å². The van der Waals surface area contributed by atoms with Crippen LogP contribution in [0.5, 0.6) is 0 Å². The van der Waals surface area contributed by atoms with Crippen LogP contribution in [0.2, 0.25) is 0 Å². The standard InChI is InChI=1S/C11H22N3PS/c1-2-3-4-9-15(14,16)10-5-6-11(13)7-8-12/h13H,2-7,9-10H2,1H3,(H2,14,16). The summed E-state index contributed by atoms with van der Waals surface area (Å²) < 4.78 is 0. The molecule has 0 fully saturated rings. The Morgan fingerprint density at radius 1 is 1.38 bits per heavy atom. The Morgan fingerprint density at radius 2 is 2.00 bits per heavy atom. The van der Waals surface area contributed by atoms with E-state index < -0.39 is 6.19 Å². The van der Waals surface area contributed by atoms with Gasteiger partial charge in [0.25, 0.3) is 0 Å². The first-order valence-electron chi connectivity index (χ1n) is 5.81. The summed E-state index contributed by atoms with van der Waals surface area (Å²) in [5.41, 5.74) is 6.61. The summed E-state index contributed by atoms with van der Waals surface area (Å²) in [6, 6.07) is 1.98. The van der Waals surface area contributed by atoms with E-state index in [1.54, 1.807) is 0 Å². The minimum Gasteiger partial charge on any atom is -0.309 e. The molecule has 0 bridgehead atoms. The third-order valence-corrected chi connectivity index (χ3v) is 5.69. The number of nitrogens with zero attached hydrogens (tertiary/aromatic N) is 1. The quantitative estimate of drug-likeness (QED) is 0.379. The predicted octanol–water partition coefficient (Wildman–Crippen LogP) is 3.24. The van der Waals surface area contributed by atoms with Crippen LogP contribution in [0.25, 0.3) is 0 Å². The van der Waals surface area contributed by atoms with Gasteiger partial charge in [0.05, 0.1) is 12.5 Å². The Labute approximate surface area is 104 Å². The fourth-order valence-corrected chi connectivity index (χ4v) is 3.94. The molecule has 0 aliphatic rings. The van der Waals surface area contributed by atoms with Crippen molar-refractivity contribution in [1.29, 1.82) is 10.7 Å². The highest BCUT2D eigenvalue weighted by Crippen LogP contribution is 2.38. The summed E-state index contributed by atoms with van der Waals surface area (Å²) in [5.74, 6) is 0. The van der Waals surface area contributed by atoms with E-state index in [4.69, 9.17) is 28.0 Å². The van der Waals surface area contributed by atoms with Crippen molar-refractivity contribution in [3.8, 4) is 6.07 Å². The molecule has 1 unspecified atom stereocenters. The lowest BCUT2D eigenvalue weighted by atomic mass is 10.2. The predicted molar refractivity (Wildman–Crippen MR) is 74.9 cm³/mol. The van der Waals surface area contributed by atoms with Crippen molar-refractivity contribution in [3.05, 3.63) is 0 Å². The molecule has 0 saturated carbocycles. The van der Waals surface area contributed by atoms with Crippen molar-refractivity contribution in [2.45, 2.75) is 45.4 Å². The zero-order valence-corrected chi connectivity index (χ0v) is 11.7. The number of nitrogens with one attached hydrogen (secondary N) is 1. The maximum absolute atomic E-state index is 8.41. The van der Waals surface area contributed by atoms with Crippen LogP contribution in [0.4, 0.5) is 0 Å². The zero-order chi connectivity index (χ0) is 12.4. The van der Waals surface area contributed by atoms with Crippen LogP contribution in [-0.4, -0.2) is 18.0 Å². The number of rotatable bonds is 9. The topological polar surface area (TPSA) is 73.7 Å². The molecule has 0 aliphatic heterocycles. The van der Waals surface area contributed by atoms with Crippen LogP contribution in [0, 0.1) is 16.7 Å². The molecule has 0 saturated heterocycles. The van der Waals surface area contributed by atoms with E-state index in [-0.39, 0.29) is 6.42 Å². The van der Waals surface area contributed by atoms with E-state index in [0.29, 0.717) is 12.1 Å². The second kappa shape index (κ2) is 8.87. The first-order chi connectivity index (χ1) is 7.52. The molecule has 92 valence electrons. The number of hydrogen-bond donors (Lipinski definition) is 2. The van der Waals surface area contributed by atoms with Crippen LogP contribution in [0.15, 0.2) is 0 Å². The molecular formula is C11H22N3PS. The number of nitrogens with two attached hydrogens (primary N) is 1. The summed E-state index contributed by atoms with van der Waals surface area (Å²) in [4.78, 5) is 0. The molecule has 3 nitrogen and oxygen atoms in total. The lowest BCUT2D eigenvalue weighted by molar-refractivity contribution is 0.774. The molecule has 16 heavy (non-hydrogen) atoms. The second-order valence-electron chi connectivity index (χ2n) is 4.15. The van der Waals surface area contributed by atoms with Gasteiger partial charge in [-0.25, -0.2) is 0 Å². The van der Waals surface area contributed by atoms with Crippen LogP contribution < -0.4 is 5.50 Å². The van der Waals surface area contributed by atoms with E-state index in [9.17, 15) is 0 Å². The Balaban J connectivity index is 3.70. The molecule has 0 radical (unpaired) electrons. The monoisotopic (exact) mass is 259 g/mol. The Kier molecular flexibility index (Phi) is 8.74. The summed E-state index contributed by atoms with van der Waals surface area (Å²) in [7, 11) is 0. The van der Waals surface area contributed by atoms with Crippen molar-refractivity contribution >= 4 is 23.7 Å². The van der Waals surface area contributed by atoms with Gasteiger partial charge >= 0.3 is 0 Å². The van der Waals surface area contributed by atoms with Gasteiger partial charge in [-0.15, -0.1) is 0 Å². The molecule has 0 heterocycles. The normalized spacial score (nSPS) is 14.1. The minimum atomic E-state index is -1.64. The zero-order valence-electron chi connectivity index (χ0n) is 10.0. The molecule has 0 amide bonds. The van der Waals surface area contributed by atoms with Crippen LogP contribution >= 0.6 is 6.19 Å². The minimum absolute atomic E-state index is 0.239. The van der Waals surface area contributed by atoms with E-state index >= 15 is 0 Å². The van der Waals surface area contributed by atoms with Crippen molar-refractivity contribution in [2.75, 3.05) is 12.3 Å². The van der Waals surface area contributed by atoms with Gasteiger partial charge in [-0.1, -0.05) is 31.6 Å². The molecule has 0 aromatic rings. The molecule has 3 N–H and O–H groups in total. The number of nitriles is 1. The van der Waals surface area contributed by atoms with Crippen molar-refractivity contribution in [3.63, 3.8) is 0 Å². The van der Waals surface area contributed by atoms with Crippen molar-refractivity contribution in [2.24, 2.45) is 5.50 Å². The maximum Gasteiger partial charge on any atom is 0.0728 e. The Hall–Kier alpha value is -0.230. The maximum atomic E-state index is 8.41. The molecule has 0 rings (SSSR count). The van der Waals surface area contributed by atoms with Gasteiger partial charge in [0.1, 0.15) is 0 Å². The third kappa shape index (κ3) is 9.03.